The van der Waals surface area contributed by atoms with E-state index in [9.17, 15) is 14.2 Å². The molecule has 0 saturated heterocycles. The molecule has 0 saturated carbocycles. The van der Waals surface area contributed by atoms with E-state index in [0.717, 1.165) is 0 Å². The molecule has 1 amide bonds. The molecule has 0 aromatic heterocycles. The van der Waals surface area contributed by atoms with Crippen LogP contribution in [0.25, 0.3) is 0 Å². The summed E-state index contributed by atoms with van der Waals surface area (Å²) in [5, 5.41) is 13.5. The fourth-order valence-corrected chi connectivity index (χ4v) is 3.22. The summed E-state index contributed by atoms with van der Waals surface area (Å²) in [7, 11) is -3.06. The van der Waals surface area contributed by atoms with Gasteiger partial charge in [-0.2, -0.15) is 0 Å². The van der Waals surface area contributed by atoms with Gasteiger partial charge in [0.2, 0.25) is 0 Å². The molecule has 0 aliphatic heterocycles. The molecule has 0 aromatic rings. The van der Waals surface area contributed by atoms with Gasteiger partial charge in [-0.05, 0) is 13.8 Å². The van der Waals surface area contributed by atoms with Crippen LogP contribution in [0.15, 0.2) is 0 Å². The predicted octanol–water partition coefficient (Wildman–Crippen LogP) is 0.710. The van der Waals surface area contributed by atoms with Gasteiger partial charge in [-0.1, -0.05) is 0 Å². The van der Waals surface area contributed by atoms with Crippen molar-refractivity contribution in [2.75, 3.05) is 58.9 Å². The van der Waals surface area contributed by atoms with E-state index in [-0.39, 0.29) is 19.3 Å². The van der Waals surface area contributed by atoms with Crippen molar-refractivity contribution in [3.63, 3.8) is 0 Å². The van der Waals surface area contributed by atoms with E-state index >= 15 is 0 Å². The fourth-order valence-electron chi connectivity index (χ4n) is 1.75. The molecule has 0 aromatic carbocycles. The summed E-state index contributed by atoms with van der Waals surface area (Å²) in [5.74, 6) is 0. The summed E-state index contributed by atoms with van der Waals surface area (Å²) < 4.78 is 33.1. The Labute approximate surface area is 148 Å². The second-order valence-corrected chi connectivity index (χ2v) is 6.98. The topological polar surface area (TPSA) is 132 Å². The lowest BCUT2D eigenvalue weighted by atomic mass is 10.3. The number of nitrogens with one attached hydrogen (secondary N) is 2. The van der Waals surface area contributed by atoms with Crippen molar-refractivity contribution in [1.29, 1.82) is 0 Å². The van der Waals surface area contributed by atoms with Crippen LogP contribution in [-0.2, 0) is 27.9 Å². The predicted molar refractivity (Wildman–Crippen MR) is 91.2 cm³/mol. The molecule has 0 rings (SSSR count). The Balaban J connectivity index is 3.56. The van der Waals surface area contributed by atoms with Gasteiger partial charge in [0.05, 0.1) is 45.8 Å². The number of aldehydes is 1. The number of carboxylic acid groups (broad SMARTS) is 1. The van der Waals surface area contributed by atoms with E-state index in [1.165, 1.54) is 0 Å². The highest BCUT2D eigenvalue weighted by Crippen LogP contribution is 2.47. The van der Waals surface area contributed by atoms with Gasteiger partial charge < -0.3 is 39.1 Å². The lowest BCUT2D eigenvalue weighted by molar-refractivity contribution is -0.109. The molecular weight excluding hydrogens is 355 g/mol. The Morgan fingerprint density at radius 2 is 1.72 bits per heavy atom. The molecule has 0 fully saturated rings. The molecule has 0 bridgehead atoms. The third kappa shape index (κ3) is 13.9. The molecule has 0 aliphatic rings. The average Bonchev–Trinajstić information content (AvgIpc) is 2.55. The van der Waals surface area contributed by atoms with Gasteiger partial charge in [-0.3, -0.25) is 4.57 Å². The lowest BCUT2D eigenvalue weighted by Crippen LogP contribution is -2.43. The number of amides is 1. The maximum absolute atomic E-state index is 12.1. The number of hydrogen-bond acceptors (Lipinski definition) is 8. The van der Waals surface area contributed by atoms with Crippen molar-refractivity contribution < 1.29 is 37.8 Å². The average molecular weight is 384 g/mol. The van der Waals surface area contributed by atoms with Crippen LogP contribution in [0.4, 0.5) is 4.79 Å². The number of hydrogen-bond donors (Lipinski definition) is 3. The first-order valence-electron chi connectivity index (χ1n) is 8.16. The lowest BCUT2D eigenvalue weighted by Gasteiger charge is -2.16. The van der Waals surface area contributed by atoms with E-state index in [4.69, 9.17) is 23.6 Å². The molecule has 0 radical (unpaired) electrons. The van der Waals surface area contributed by atoms with Gasteiger partial charge in [0.15, 0.2) is 0 Å². The third-order valence-corrected chi connectivity index (χ3v) is 4.83. The Morgan fingerprint density at radius 1 is 1.12 bits per heavy atom. The van der Waals surface area contributed by atoms with Gasteiger partial charge in [-0.25, -0.2) is 4.79 Å². The number of carbonyl (C=O) groups is 2. The molecule has 25 heavy (non-hydrogen) atoms. The van der Waals surface area contributed by atoms with Crippen LogP contribution in [0.5, 0.6) is 0 Å². The zero-order chi connectivity index (χ0) is 19.0. The van der Waals surface area contributed by atoms with Crippen LogP contribution in [-0.4, -0.2) is 82.4 Å². The smallest absolute Gasteiger partial charge is 0.405 e. The summed E-state index contributed by atoms with van der Waals surface area (Å²) in [6, 6.07) is -0.785. The molecular formula is C14H29N2O8P. The summed E-state index contributed by atoms with van der Waals surface area (Å²) in [6.45, 7) is 6.15. The quantitative estimate of drug-likeness (QED) is 0.188. The highest BCUT2D eigenvalue weighted by atomic mass is 31.2. The molecule has 11 heteroatoms. The number of ether oxygens (including phenoxy) is 2. The van der Waals surface area contributed by atoms with Crippen molar-refractivity contribution in [1.82, 2.24) is 10.6 Å². The minimum atomic E-state index is -3.06. The maximum atomic E-state index is 12.1. The first-order chi connectivity index (χ1) is 12.0. The van der Waals surface area contributed by atoms with Crippen LogP contribution < -0.4 is 10.6 Å². The normalized spacial score (nSPS) is 12.7. The molecule has 1 unspecified atom stereocenters. The van der Waals surface area contributed by atoms with Crippen LogP contribution in [0, 0.1) is 0 Å². The minimum absolute atomic E-state index is 0.194. The SMILES string of the molecule is CCOP(=O)(CCOCCOCCNCC(C=O)NC(=O)O)OCC. The van der Waals surface area contributed by atoms with E-state index in [2.05, 4.69) is 10.6 Å². The van der Waals surface area contributed by atoms with Gasteiger partial charge in [0.1, 0.15) is 12.3 Å². The Kier molecular flexibility index (Phi) is 14.6. The van der Waals surface area contributed by atoms with Crippen LogP contribution in [0.1, 0.15) is 13.8 Å². The van der Waals surface area contributed by atoms with Crippen molar-refractivity contribution in [2.45, 2.75) is 19.9 Å². The molecule has 3 N–H and O–H groups in total. The minimum Gasteiger partial charge on any atom is -0.465 e. The van der Waals surface area contributed by atoms with E-state index in [1.807, 2.05) is 0 Å². The molecule has 0 aliphatic carbocycles. The third-order valence-electron chi connectivity index (χ3n) is 2.79. The summed E-state index contributed by atoms with van der Waals surface area (Å²) >= 11 is 0. The summed E-state index contributed by atoms with van der Waals surface area (Å²) in [4.78, 5) is 21.0. The van der Waals surface area contributed by atoms with Crippen molar-refractivity contribution in [3.8, 4) is 0 Å². The second-order valence-electron chi connectivity index (χ2n) is 4.79. The standard InChI is InChI=1S/C14H29N2O8P/c1-3-23-25(20,24-4-2)10-9-22-8-7-21-6-5-15-11-13(12-17)16-14(18)19/h12-13,15-16H,3-11H2,1-2H3,(H,18,19). The van der Waals surface area contributed by atoms with Gasteiger partial charge in [0.25, 0.3) is 0 Å². The van der Waals surface area contributed by atoms with Crippen molar-refractivity contribution in [3.05, 3.63) is 0 Å². The van der Waals surface area contributed by atoms with Crippen LogP contribution in [0.2, 0.25) is 0 Å². The zero-order valence-corrected chi connectivity index (χ0v) is 15.7. The van der Waals surface area contributed by atoms with E-state index in [1.54, 1.807) is 13.8 Å². The first-order valence-corrected chi connectivity index (χ1v) is 9.89. The van der Waals surface area contributed by atoms with Gasteiger partial charge in [-0.15, -0.1) is 0 Å². The number of rotatable bonds is 17. The van der Waals surface area contributed by atoms with Crippen LogP contribution >= 0.6 is 7.60 Å². The highest BCUT2D eigenvalue weighted by molar-refractivity contribution is 7.53. The number of carbonyl (C=O) groups excluding carboxylic acids is 1. The molecule has 0 spiro atoms. The summed E-state index contributed by atoms with van der Waals surface area (Å²) in [5.41, 5.74) is 0. The monoisotopic (exact) mass is 384 g/mol. The van der Waals surface area contributed by atoms with Crippen molar-refractivity contribution in [2.24, 2.45) is 0 Å². The highest BCUT2D eigenvalue weighted by Gasteiger charge is 2.22. The molecule has 10 nitrogen and oxygen atoms in total. The molecule has 0 heterocycles. The Morgan fingerprint density at radius 3 is 2.24 bits per heavy atom. The van der Waals surface area contributed by atoms with Crippen LogP contribution in [0.3, 0.4) is 0 Å². The zero-order valence-electron chi connectivity index (χ0n) is 14.8. The largest absolute Gasteiger partial charge is 0.465 e. The second kappa shape index (κ2) is 15.2. The van der Waals surface area contributed by atoms with Gasteiger partial charge in [0, 0.05) is 13.1 Å². The molecule has 1 atom stereocenters. The van der Waals surface area contributed by atoms with Gasteiger partial charge >= 0.3 is 13.7 Å². The van der Waals surface area contributed by atoms with E-state index in [0.29, 0.717) is 45.9 Å². The van der Waals surface area contributed by atoms with Crippen molar-refractivity contribution >= 4 is 20.0 Å². The first kappa shape index (κ1) is 24.0. The van der Waals surface area contributed by atoms with E-state index < -0.39 is 19.7 Å². The Hall–Kier alpha value is -1.03. The maximum Gasteiger partial charge on any atom is 0.405 e. The fraction of sp³-hybridized carbons (Fsp3) is 0.857. The Bertz CT molecular complexity index is 400. The molecule has 148 valence electrons. The summed E-state index contributed by atoms with van der Waals surface area (Å²) in [6.07, 6.45) is -0.524.